The third kappa shape index (κ3) is 3.48. The molecule has 0 saturated carbocycles. The molecule has 0 amide bonds. The largest absolute Gasteiger partial charge is 0.392 e. The van der Waals surface area contributed by atoms with E-state index < -0.39 is 17.5 Å². The maximum absolute atomic E-state index is 12.8. The first-order chi connectivity index (χ1) is 6.71. The molecule has 1 heterocycles. The molecule has 0 spiro atoms. The molecule has 0 aliphatic heterocycles. The van der Waals surface area contributed by atoms with Crippen molar-refractivity contribution in [1.29, 1.82) is 0 Å². The Labute approximate surface area is 91.3 Å². The monoisotopic (exact) mass is 237 g/mol. The summed E-state index contributed by atoms with van der Waals surface area (Å²) in [5.74, 6) is -1.34. The standard InChI is InChI=1S/C10H14F3NS/c1-9(2,3)7(10(11,12)13)6-8-14-4-5-15-8/h4-5,7H,6H2,1-3H3. The molecule has 1 atom stereocenters. The molecule has 0 aliphatic rings. The van der Waals surface area contributed by atoms with Crippen LogP contribution in [0.2, 0.25) is 0 Å². The van der Waals surface area contributed by atoms with Crippen molar-refractivity contribution in [3.63, 3.8) is 0 Å². The van der Waals surface area contributed by atoms with Gasteiger partial charge in [0, 0.05) is 18.0 Å². The predicted octanol–water partition coefficient (Wildman–Crippen LogP) is 3.91. The van der Waals surface area contributed by atoms with Gasteiger partial charge < -0.3 is 0 Å². The van der Waals surface area contributed by atoms with Crippen molar-refractivity contribution in [2.45, 2.75) is 33.4 Å². The molecule has 86 valence electrons. The summed E-state index contributed by atoms with van der Waals surface area (Å²) in [6.45, 7) is 4.83. The Morgan fingerprint density at radius 3 is 2.27 bits per heavy atom. The molecule has 0 N–H and O–H groups in total. The second-order valence-electron chi connectivity index (χ2n) is 4.59. The fraction of sp³-hybridized carbons (Fsp3) is 0.700. The normalized spacial score (nSPS) is 15.3. The van der Waals surface area contributed by atoms with Gasteiger partial charge in [0.15, 0.2) is 0 Å². The van der Waals surface area contributed by atoms with Crippen LogP contribution in [-0.2, 0) is 6.42 Å². The van der Waals surface area contributed by atoms with E-state index in [2.05, 4.69) is 4.98 Å². The van der Waals surface area contributed by atoms with Gasteiger partial charge in [0.05, 0.1) is 10.9 Å². The minimum Gasteiger partial charge on any atom is -0.250 e. The molecule has 1 aromatic heterocycles. The molecule has 0 fully saturated rings. The van der Waals surface area contributed by atoms with Gasteiger partial charge in [0.25, 0.3) is 0 Å². The molecule has 1 aromatic rings. The van der Waals surface area contributed by atoms with Crippen LogP contribution in [0.15, 0.2) is 11.6 Å². The molecule has 0 saturated heterocycles. The second-order valence-corrected chi connectivity index (χ2v) is 5.57. The van der Waals surface area contributed by atoms with E-state index in [9.17, 15) is 13.2 Å². The minimum absolute atomic E-state index is 0.0231. The van der Waals surface area contributed by atoms with E-state index in [0.29, 0.717) is 5.01 Å². The molecule has 0 bridgehead atoms. The Morgan fingerprint density at radius 2 is 1.93 bits per heavy atom. The summed E-state index contributed by atoms with van der Waals surface area (Å²) in [7, 11) is 0. The number of rotatable bonds is 2. The zero-order valence-electron chi connectivity index (χ0n) is 8.93. The van der Waals surface area contributed by atoms with Crippen LogP contribution in [0.3, 0.4) is 0 Å². The number of thiazole rings is 1. The fourth-order valence-electron chi connectivity index (χ4n) is 1.44. The van der Waals surface area contributed by atoms with E-state index in [1.165, 1.54) is 17.5 Å². The molecule has 0 aliphatic carbocycles. The van der Waals surface area contributed by atoms with Gasteiger partial charge in [0.1, 0.15) is 0 Å². The topological polar surface area (TPSA) is 12.9 Å². The molecular weight excluding hydrogens is 223 g/mol. The maximum atomic E-state index is 12.8. The van der Waals surface area contributed by atoms with E-state index >= 15 is 0 Å². The fourth-order valence-corrected chi connectivity index (χ4v) is 2.10. The van der Waals surface area contributed by atoms with Gasteiger partial charge in [0.2, 0.25) is 0 Å². The lowest BCUT2D eigenvalue weighted by Crippen LogP contribution is -2.36. The third-order valence-electron chi connectivity index (χ3n) is 2.30. The van der Waals surface area contributed by atoms with Crippen molar-refractivity contribution in [3.8, 4) is 0 Å². The lowest BCUT2D eigenvalue weighted by atomic mass is 9.78. The summed E-state index contributed by atoms with van der Waals surface area (Å²) in [4.78, 5) is 3.90. The Morgan fingerprint density at radius 1 is 1.33 bits per heavy atom. The molecule has 5 heteroatoms. The molecule has 0 radical (unpaired) electrons. The highest BCUT2D eigenvalue weighted by Crippen LogP contribution is 2.41. The number of nitrogens with zero attached hydrogens (tertiary/aromatic N) is 1. The number of halogens is 3. The van der Waals surface area contributed by atoms with Crippen LogP contribution in [0, 0.1) is 11.3 Å². The SMILES string of the molecule is CC(C)(C)C(Cc1nccs1)C(F)(F)F. The Hall–Kier alpha value is -0.580. The zero-order chi connectivity index (χ0) is 11.7. The molecule has 1 nitrogen and oxygen atoms in total. The van der Waals surface area contributed by atoms with Crippen LogP contribution in [0.4, 0.5) is 13.2 Å². The van der Waals surface area contributed by atoms with E-state index in [0.717, 1.165) is 0 Å². The lowest BCUT2D eigenvalue weighted by molar-refractivity contribution is -0.199. The maximum Gasteiger partial charge on any atom is 0.392 e. The summed E-state index contributed by atoms with van der Waals surface area (Å²) in [6, 6.07) is 0. The summed E-state index contributed by atoms with van der Waals surface area (Å²) >= 11 is 1.27. The lowest BCUT2D eigenvalue weighted by Gasteiger charge is -2.31. The second kappa shape index (κ2) is 4.12. The van der Waals surface area contributed by atoms with Crippen LogP contribution >= 0.6 is 11.3 Å². The van der Waals surface area contributed by atoms with Gasteiger partial charge in [-0.15, -0.1) is 11.3 Å². The quantitative estimate of drug-likeness (QED) is 0.760. The average molecular weight is 237 g/mol. The first kappa shape index (κ1) is 12.5. The van der Waals surface area contributed by atoms with Gasteiger partial charge in [-0.25, -0.2) is 4.98 Å². The Kier molecular flexibility index (Phi) is 3.43. The summed E-state index contributed by atoms with van der Waals surface area (Å²) in [5.41, 5.74) is -0.788. The molecule has 0 aromatic carbocycles. The van der Waals surface area contributed by atoms with Gasteiger partial charge in [-0.3, -0.25) is 0 Å². The predicted molar refractivity (Wildman–Crippen MR) is 54.8 cm³/mol. The van der Waals surface area contributed by atoms with Crippen LogP contribution in [0.1, 0.15) is 25.8 Å². The minimum atomic E-state index is -4.16. The summed E-state index contributed by atoms with van der Waals surface area (Å²) in [6.07, 6.45) is -2.65. The first-order valence-electron chi connectivity index (χ1n) is 4.66. The van der Waals surface area contributed by atoms with E-state index in [1.54, 1.807) is 26.2 Å². The van der Waals surface area contributed by atoms with Gasteiger partial charge in [-0.1, -0.05) is 20.8 Å². The highest BCUT2D eigenvalue weighted by molar-refractivity contribution is 7.09. The van der Waals surface area contributed by atoms with Crippen LogP contribution in [-0.4, -0.2) is 11.2 Å². The van der Waals surface area contributed by atoms with E-state index in [-0.39, 0.29) is 6.42 Å². The van der Waals surface area contributed by atoms with Crippen molar-refractivity contribution in [2.75, 3.05) is 0 Å². The molecule has 1 rings (SSSR count). The average Bonchev–Trinajstić information content (AvgIpc) is 2.46. The first-order valence-corrected chi connectivity index (χ1v) is 5.54. The molecular formula is C10H14F3NS. The highest BCUT2D eigenvalue weighted by atomic mass is 32.1. The Bertz CT molecular complexity index is 283. The smallest absolute Gasteiger partial charge is 0.250 e. The highest BCUT2D eigenvalue weighted by Gasteiger charge is 2.46. The van der Waals surface area contributed by atoms with Crippen LogP contribution in [0.5, 0.6) is 0 Å². The summed E-state index contributed by atoms with van der Waals surface area (Å²) in [5, 5.41) is 2.25. The number of hydrogen-bond acceptors (Lipinski definition) is 2. The van der Waals surface area contributed by atoms with Crippen molar-refractivity contribution in [2.24, 2.45) is 11.3 Å². The van der Waals surface area contributed by atoms with Gasteiger partial charge in [-0.05, 0) is 5.41 Å². The van der Waals surface area contributed by atoms with E-state index in [4.69, 9.17) is 0 Å². The third-order valence-corrected chi connectivity index (χ3v) is 3.10. The van der Waals surface area contributed by atoms with Crippen LogP contribution < -0.4 is 0 Å². The molecule has 15 heavy (non-hydrogen) atoms. The zero-order valence-corrected chi connectivity index (χ0v) is 9.75. The number of alkyl halides is 3. The number of hydrogen-bond donors (Lipinski definition) is 0. The van der Waals surface area contributed by atoms with E-state index in [1.807, 2.05) is 0 Å². The van der Waals surface area contributed by atoms with Crippen LogP contribution in [0.25, 0.3) is 0 Å². The molecule has 1 unspecified atom stereocenters. The Balaban J connectivity index is 2.84. The van der Waals surface area contributed by atoms with Crippen molar-refractivity contribution in [3.05, 3.63) is 16.6 Å². The van der Waals surface area contributed by atoms with Gasteiger partial charge in [-0.2, -0.15) is 13.2 Å². The number of aromatic nitrogens is 1. The van der Waals surface area contributed by atoms with Crippen molar-refractivity contribution < 1.29 is 13.2 Å². The van der Waals surface area contributed by atoms with Gasteiger partial charge >= 0.3 is 6.18 Å². The summed E-state index contributed by atoms with van der Waals surface area (Å²) < 4.78 is 38.4. The van der Waals surface area contributed by atoms with Crippen molar-refractivity contribution in [1.82, 2.24) is 4.98 Å². The van der Waals surface area contributed by atoms with Crippen molar-refractivity contribution >= 4 is 11.3 Å².